The Balaban J connectivity index is 2.52. The molecule has 3 nitrogen and oxygen atoms in total. The van der Waals surface area contributed by atoms with Gasteiger partial charge < -0.3 is 0 Å². The first-order valence-electron chi connectivity index (χ1n) is 2.66. The van der Waals surface area contributed by atoms with Gasteiger partial charge in [0.1, 0.15) is 5.60 Å². The summed E-state index contributed by atoms with van der Waals surface area (Å²) in [7, 11) is -2.70. The van der Waals surface area contributed by atoms with Gasteiger partial charge in [0, 0.05) is 0 Å². The lowest BCUT2D eigenvalue weighted by atomic mass is 10.3. The molecule has 1 rings (SSSR count). The Bertz CT molecular complexity index is 182. The van der Waals surface area contributed by atoms with E-state index >= 15 is 0 Å². The van der Waals surface area contributed by atoms with Crippen LogP contribution < -0.4 is 0 Å². The quantitative estimate of drug-likeness (QED) is 0.461. The van der Waals surface area contributed by atoms with Crippen molar-refractivity contribution in [1.29, 1.82) is 0 Å². The standard InChI is InChI=1S/C5H8O3S/c1-2-5(3-4-5)8-9(6)7/h2,9H,1,3-4H2. The lowest BCUT2D eigenvalue weighted by molar-refractivity contribution is 0.249. The second-order valence-corrected chi connectivity index (χ2v) is 2.71. The Kier molecular flexibility index (Phi) is 1.59. The van der Waals surface area contributed by atoms with Gasteiger partial charge in [0.05, 0.1) is 0 Å². The molecule has 0 saturated heterocycles. The van der Waals surface area contributed by atoms with Gasteiger partial charge in [0.25, 0.3) is 11.0 Å². The molecule has 0 atom stereocenters. The van der Waals surface area contributed by atoms with Gasteiger partial charge in [-0.05, 0) is 12.8 Å². The maximum atomic E-state index is 9.98. The highest BCUT2D eigenvalue weighted by atomic mass is 32.2. The average Bonchev–Trinajstić information content (AvgIpc) is 2.48. The Morgan fingerprint density at radius 2 is 2.11 bits per heavy atom. The van der Waals surface area contributed by atoms with Crippen LogP contribution in [-0.2, 0) is 15.2 Å². The summed E-state index contributed by atoms with van der Waals surface area (Å²) in [5.74, 6) is 0. The number of hydrogen-bond acceptors (Lipinski definition) is 3. The number of thiol groups is 1. The topological polar surface area (TPSA) is 43.4 Å². The van der Waals surface area contributed by atoms with E-state index in [2.05, 4.69) is 10.8 Å². The molecule has 0 unspecified atom stereocenters. The van der Waals surface area contributed by atoms with Crippen molar-refractivity contribution in [3.8, 4) is 0 Å². The zero-order valence-corrected chi connectivity index (χ0v) is 5.77. The van der Waals surface area contributed by atoms with Crippen molar-refractivity contribution in [3.05, 3.63) is 12.7 Å². The highest BCUT2D eigenvalue weighted by Crippen LogP contribution is 2.40. The molecule has 0 aromatic carbocycles. The van der Waals surface area contributed by atoms with Crippen molar-refractivity contribution in [2.75, 3.05) is 0 Å². The molecular weight excluding hydrogens is 140 g/mol. The maximum absolute atomic E-state index is 9.98. The first kappa shape index (κ1) is 6.77. The van der Waals surface area contributed by atoms with E-state index in [1.165, 1.54) is 6.08 Å². The van der Waals surface area contributed by atoms with Crippen molar-refractivity contribution in [2.45, 2.75) is 18.4 Å². The summed E-state index contributed by atoms with van der Waals surface area (Å²) in [5.41, 5.74) is -0.519. The summed E-state index contributed by atoms with van der Waals surface area (Å²) < 4.78 is 24.5. The number of hydrogen-bond donors (Lipinski definition) is 1. The second-order valence-electron chi connectivity index (χ2n) is 2.08. The van der Waals surface area contributed by atoms with E-state index in [1.54, 1.807) is 0 Å². The minimum atomic E-state index is -2.70. The molecule has 52 valence electrons. The zero-order valence-electron chi connectivity index (χ0n) is 4.87. The molecule has 0 N–H and O–H groups in total. The molecule has 0 spiro atoms. The first-order valence-corrected chi connectivity index (χ1v) is 3.75. The average molecular weight is 148 g/mol. The number of rotatable bonds is 3. The summed E-state index contributed by atoms with van der Waals surface area (Å²) in [6.07, 6.45) is 3.10. The normalized spacial score (nSPS) is 21.9. The van der Waals surface area contributed by atoms with Crippen molar-refractivity contribution in [2.24, 2.45) is 0 Å². The molecule has 0 aliphatic heterocycles. The smallest absolute Gasteiger partial charge is 0.257 e. The first-order chi connectivity index (χ1) is 4.18. The van der Waals surface area contributed by atoms with Crippen LogP contribution in [0, 0.1) is 0 Å². The maximum Gasteiger partial charge on any atom is 0.257 e. The van der Waals surface area contributed by atoms with E-state index in [0.717, 1.165) is 12.8 Å². The third-order valence-electron chi connectivity index (χ3n) is 1.37. The predicted molar refractivity (Wildman–Crippen MR) is 33.6 cm³/mol. The SMILES string of the molecule is C=CC1(O[SH](=O)=O)CC1. The molecule has 0 radical (unpaired) electrons. The summed E-state index contributed by atoms with van der Waals surface area (Å²) in [6, 6.07) is 0. The fourth-order valence-electron chi connectivity index (χ4n) is 0.604. The van der Waals surface area contributed by atoms with Gasteiger partial charge in [-0.15, -0.1) is 6.58 Å². The summed E-state index contributed by atoms with van der Waals surface area (Å²) in [4.78, 5) is 0. The van der Waals surface area contributed by atoms with E-state index in [-0.39, 0.29) is 0 Å². The Morgan fingerprint density at radius 3 is 2.22 bits per heavy atom. The lowest BCUT2D eigenvalue weighted by Crippen LogP contribution is -2.07. The van der Waals surface area contributed by atoms with Gasteiger partial charge in [-0.1, -0.05) is 6.08 Å². The van der Waals surface area contributed by atoms with E-state index in [4.69, 9.17) is 0 Å². The second kappa shape index (κ2) is 2.11. The highest BCUT2D eigenvalue weighted by Gasteiger charge is 2.42. The van der Waals surface area contributed by atoms with Crippen molar-refractivity contribution in [3.63, 3.8) is 0 Å². The molecule has 1 aliphatic carbocycles. The van der Waals surface area contributed by atoms with Crippen LogP contribution in [0.2, 0.25) is 0 Å². The highest BCUT2D eigenvalue weighted by molar-refractivity contribution is 7.67. The van der Waals surface area contributed by atoms with Crippen LogP contribution in [0.15, 0.2) is 12.7 Å². The van der Waals surface area contributed by atoms with Crippen LogP contribution in [0.5, 0.6) is 0 Å². The molecule has 0 aromatic rings. The Morgan fingerprint density at radius 1 is 1.56 bits per heavy atom. The molecule has 1 aliphatic rings. The van der Waals surface area contributed by atoms with E-state index in [0.29, 0.717) is 0 Å². The minimum Gasteiger partial charge on any atom is -0.261 e. The molecule has 0 aromatic heterocycles. The zero-order chi connectivity index (χ0) is 6.91. The van der Waals surface area contributed by atoms with Crippen LogP contribution in [-0.4, -0.2) is 14.0 Å². The van der Waals surface area contributed by atoms with Crippen LogP contribution >= 0.6 is 0 Å². The fourth-order valence-corrected chi connectivity index (χ4v) is 1.16. The molecule has 1 fully saturated rings. The minimum absolute atomic E-state index is 0.519. The molecule has 0 amide bonds. The van der Waals surface area contributed by atoms with E-state index in [1.807, 2.05) is 0 Å². The van der Waals surface area contributed by atoms with Crippen molar-refractivity contribution < 1.29 is 12.6 Å². The van der Waals surface area contributed by atoms with Crippen molar-refractivity contribution in [1.82, 2.24) is 0 Å². The molecular formula is C5H8O3S. The van der Waals surface area contributed by atoms with Gasteiger partial charge in [-0.2, -0.15) is 0 Å². The van der Waals surface area contributed by atoms with Gasteiger partial charge in [-0.3, -0.25) is 4.18 Å². The molecule has 0 heterocycles. The summed E-state index contributed by atoms with van der Waals surface area (Å²) >= 11 is 0. The molecule has 0 bridgehead atoms. The monoisotopic (exact) mass is 148 g/mol. The van der Waals surface area contributed by atoms with Gasteiger partial charge in [0.2, 0.25) is 0 Å². The fraction of sp³-hybridized carbons (Fsp3) is 0.600. The van der Waals surface area contributed by atoms with Crippen LogP contribution in [0.4, 0.5) is 0 Å². The lowest BCUT2D eigenvalue weighted by Gasteiger charge is -2.01. The molecule has 1 saturated carbocycles. The Hall–Kier alpha value is -0.350. The largest absolute Gasteiger partial charge is 0.261 e. The van der Waals surface area contributed by atoms with Gasteiger partial charge in [0.15, 0.2) is 0 Å². The predicted octanol–water partition coefficient (Wildman–Crippen LogP) is 0.248. The molecule has 4 heteroatoms. The summed E-state index contributed by atoms with van der Waals surface area (Å²) in [6.45, 7) is 3.46. The van der Waals surface area contributed by atoms with E-state index in [9.17, 15) is 8.42 Å². The third kappa shape index (κ3) is 1.53. The summed E-state index contributed by atoms with van der Waals surface area (Å²) in [5, 5.41) is 0. The van der Waals surface area contributed by atoms with Crippen molar-refractivity contribution >= 4 is 11.0 Å². The van der Waals surface area contributed by atoms with Gasteiger partial charge >= 0.3 is 0 Å². The van der Waals surface area contributed by atoms with E-state index < -0.39 is 16.6 Å². The molecule has 9 heavy (non-hydrogen) atoms. The van der Waals surface area contributed by atoms with Crippen LogP contribution in [0.1, 0.15) is 12.8 Å². The Labute approximate surface area is 55.5 Å². The third-order valence-corrected chi connectivity index (χ3v) is 1.88. The van der Waals surface area contributed by atoms with Crippen LogP contribution in [0.25, 0.3) is 0 Å². The van der Waals surface area contributed by atoms with Crippen LogP contribution in [0.3, 0.4) is 0 Å². The van der Waals surface area contributed by atoms with Gasteiger partial charge in [-0.25, -0.2) is 8.42 Å².